The first-order valence-electron chi connectivity index (χ1n) is 4.35. The van der Waals surface area contributed by atoms with Gasteiger partial charge in [-0.2, -0.15) is 0 Å². The fourth-order valence-electron chi connectivity index (χ4n) is 1.11. The van der Waals surface area contributed by atoms with Crippen LogP contribution < -0.4 is 11.3 Å². The number of hydrogen-bond donors (Lipinski definition) is 2. The van der Waals surface area contributed by atoms with Crippen molar-refractivity contribution in [3.05, 3.63) is 37.2 Å². The minimum Gasteiger partial charge on any atom is -0.480 e. The molecule has 9 heteroatoms. The number of pyridine rings is 1. The van der Waals surface area contributed by atoms with Crippen molar-refractivity contribution >= 4 is 27.6 Å². The molecule has 0 fully saturated rings. The number of rotatable bonds is 4. The van der Waals surface area contributed by atoms with Crippen LogP contribution in [0, 0.1) is 10.1 Å². The first-order valence-corrected chi connectivity index (χ1v) is 5.15. The van der Waals surface area contributed by atoms with E-state index in [1.165, 1.54) is 0 Å². The largest absolute Gasteiger partial charge is 0.480 e. The van der Waals surface area contributed by atoms with Gasteiger partial charge < -0.3 is 15.4 Å². The SMILES string of the molecule is NC(Cn1cc([N+](=O)[O-])cc(Br)c1=O)C(=O)O. The second kappa shape index (κ2) is 5.06. The molecule has 1 atom stereocenters. The number of nitrogens with two attached hydrogens (primary N) is 1. The lowest BCUT2D eigenvalue weighted by atomic mass is 10.3. The molecule has 3 N–H and O–H groups in total. The Hall–Kier alpha value is -1.74. The van der Waals surface area contributed by atoms with Gasteiger partial charge in [-0.15, -0.1) is 0 Å². The highest BCUT2D eigenvalue weighted by atomic mass is 79.9. The minimum absolute atomic E-state index is 0.0238. The molecule has 0 amide bonds. The maximum absolute atomic E-state index is 11.5. The molecule has 92 valence electrons. The number of nitrogens with zero attached hydrogens (tertiary/aromatic N) is 2. The van der Waals surface area contributed by atoms with Gasteiger partial charge in [-0.1, -0.05) is 0 Å². The van der Waals surface area contributed by atoms with Gasteiger partial charge in [0.15, 0.2) is 0 Å². The molecule has 1 unspecified atom stereocenters. The second-order valence-corrected chi connectivity index (χ2v) is 4.06. The number of carboxylic acid groups (broad SMARTS) is 1. The van der Waals surface area contributed by atoms with Crippen molar-refractivity contribution in [1.29, 1.82) is 0 Å². The number of carboxylic acids is 1. The van der Waals surface area contributed by atoms with E-state index in [1.807, 2.05) is 0 Å². The van der Waals surface area contributed by atoms with E-state index >= 15 is 0 Å². The average molecular weight is 306 g/mol. The van der Waals surface area contributed by atoms with Crippen LogP contribution in [0.3, 0.4) is 0 Å². The van der Waals surface area contributed by atoms with E-state index in [2.05, 4.69) is 15.9 Å². The van der Waals surface area contributed by atoms with E-state index in [-0.39, 0.29) is 16.7 Å². The van der Waals surface area contributed by atoms with Crippen LogP contribution in [0.25, 0.3) is 0 Å². The van der Waals surface area contributed by atoms with Crippen molar-refractivity contribution in [3.63, 3.8) is 0 Å². The van der Waals surface area contributed by atoms with E-state index in [0.29, 0.717) is 0 Å². The van der Waals surface area contributed by atoms with Gasteiger partial charge in [0, 0.05) is 6.07 Å². The topological polar surface area (TPSA) is 128 Å². The number of carbonyl (C=O) groups is 1. The van der Waals surface area contributed by atoms with Gasteiger partial charge in [0.2, 0.25) is 0 Å². The minimum atomic E-state index is -1.30. The molecule has 0 bridgehead atoms. The fraction of sp³-hybridized carbons (Fsp3) is 0.250. The van der Waals surface area contributed by atoms with Crippen molar-refractivity contribution in [2.75, 3.05) is 0 Å². The van der Waals surface area contributed by atoms with Crippen molar-refractivity contribution < 1.29 is 14.8 Å². The molecule has 17 heavy (non-hydrogen) atoms. The Kier molecular flexibility index (Phi) is 3.97. The number of nitro groups is 1. The molecule has 0 aliphatic rings. The van der Waals surface area contributed by atoms with E-state index in [1.54, 1.807) is 0 Å². The zero-order chi connectivity index (χ0) is 13.2. The fourth-order valence-corrected chi connectivity index (χ4v) is 1.57. The first-order chi connectivity index (χ1) is 7.82. The lowest BCUT2D eigenvalue weighted by Gasteiger charge is -2.09. The molecule has 8 nitrogen and oxygen atoms in total. The molecule has 0 radical (unpaired) electrons. The highest BCUT2D eigenvalue weighted by molar-refractivity contribution is 9.10. The lowest BCUT2D eigenvalue weighted by molar-refractivity contribution is -0.385. The van der Waals surface area contributed by atoms with Crippen molar-refractivity contribution in [2.45, 2.75) is 12.6 Å². The summed E-state index contributed by atoms with van der Waals surface area (Å²) in [4.78, 5) is 31.9. The number of hydrogen-bond acceptors (Lipinski definition) is 5. The standard InChI is InChI=1S/C8H8BrN3O5/c9-5-1-4(12(16)17)2-11(7(5)13)3-6(10)8(14)15/h1-2,6H,3,10H2,(H,14,15). The summed E-state index contributed by atoms with van der Waals surface area (Å²) in [6.07, 6.45) is 0.954. The zero-order valence-corrected chi connectivity index (χ0v) is 9.96. The summed E-state index contributed by atoms with van der Waals surface area (Å²) in [6, 6.07) is -0.257. The summed E-state index contributed by atoms with van der Waals surface area (Å²) in [5, 5.41) is 19.2. The summed E-state index contributed by atoms with van der Waals surface area (Å²) < 4.78 is 0.866. The van der Waals surface area contributed by atoms with Crippen LogP contribution in [-0.2, 0) is 11.3 Å². The lowest BCUT2D eigenvalue weighted by Crippen LogP contribution is -2.38. The number of aliphatic carboxylic acids is 1. The van der Waals surface area contributed by atoms with Gasteiger partial charge in [-0.25, -0.2) is 0 Å². The summed E-state index contributed by atoms with van der Waals surface area (Å²) in [5.41, 5.74) is 4.35. The monoisotopic (exact) mass is 305 g/mol. The average Bonchev–Trinajstić information content (AvgIpc) is 2.23. The Morgan fingerprint density at radius 3 is 2.76 bits per heavy atom. The van der Waals surface area contributed by atoms with Crippen LogP contribution in [-0.4, -0.2) is 26.6 Å². The van der Waals surface area contributed by atoms with Crippen molar-refractivity contribution in [3.8, 4) is 0 Å². The maximum atomic E-state index is 11.5. The third-order valence-corrected chi connectivity index (χ3v) is 2.52. The van der Waals surface area contributed by atoms with Gasteiger partial charge in [0.1, 0.15) is 6.04 Å². The van der Waals surface area contributed by atoms with E-state index < -0.39 is 22.5 Å². The Labute approximate surface area is 103 Å². The van der Waals surface area contributed by atoms with Gasteiger partial charge in [0.25, 0.3) is 11.2 Å². The summed E-state index contributed by atoms with van der Waals surface area (Å²) >= 11 is 2.87. The molecule has 1 aromatic rings. The highest BCUT2D eigenvalue weighted by Gasteiger charge is 2.17. The van der Waals surface area contributed by atoms with Crippen LogP contribution in [0.1, 0.15) is 0 Å². The third kappa shape index (κ3) is 3.11. The van der Waals surface area contributed by atoms with Crippen LogP contribution in [0.5, 0.6) is 0 Å². The van der Waals surface area contributed by atoms with Crippen molar-refractivity contribution in [1.82, 2.24) is 4.57 Å². The number of aromatic nitrogens is 1. The molecule has 0 saturated heterocycles. The van der Waals surface area contributed by atoms with Gasteiger partial charge >= 0.3 is 5.97 Å². The maximum Gasteiger partial charge on any atom is 0.322 e. The van der Waals surface area contributed by atoms with Gasteiger partial charge in [-0.3, -0.25) is 19.7 Å². The predicted molar refractivity (Wildman–Crippen MR) is 60.7 cm³/mol. The second-order valence-electron chi connectivity index (χ2n) is 3.21. The highest BCUT2D eigenvalue weighted by Crippen LogP contribution is 2.14. The summed E-state index contributed by atoms with van der Waals surface area (Å²) in [6.45, 7) is -0.339. The molecule has 0 aromatic carbocycles. The molecule has 1 aromatic heterocycles. The van der Waals surface area contributed by atoms with Crippen LogP contribution in [0.15, 0.2) is 21.5 Å². The van der Waals surface area contributed by atoms with E-state index in [9.17, 15) is 19.7 Å². The number of halogens is 1. The Morgan fingerprint density at radius 2 is 2.29 bits per heavy atom. The Morgan fingerprint density at radius 1 is 1.71 bits per heavy atom. The molecule has 1 heterocycles. The zero-order valence-electron chi connectivity index (χ0n) is 8.37. The smallest absolute Gasteiger partial charge is 0.322 e. The van der Waals surface area contributed by atoms with E-state index in [4.69, 9.17) is 10.8 Å². The molecule has 0 aliphatic carbocycles. The van der Waals surface area contributed by atoms with Gasteiger partial charge in [-0.05, 0) is 15.9 Å². The molecule has 0 saturated carbocycles. The molecular weight excluding hydrogens is 298 g/mol. The molecule has 0 aliphatic heterocycles. The van der Waals surface area contributed by atoms with Crippen LogP contribution in [0.2, 0.25) is 0 Å². The Balaban J connectivity index is 3.19. The molecule has 0 spiro atoms. The normalized spacial score (nSPS) is 12.1. The molecule has 1 rings (SSSR count). The third-order valence-electron chi connectivity index (χ3n) is 1.95. The van der Waals surface area contributed by atoms with Crippen molar-refractivity contribution in [2.24, 2.45) is 5.73 Å². The Bertz CT molecular complexity index is 526. The molecular formula is C8H8BrN3O5. The van der Waals surface area contributed by atoms with E-state index in [0.717, 1.165) is 16.8 Å². The first kappa shape index (κ1) is 13.3. The summed E-state index contributed by atoms with van der Waals surface area (Å²) in [5.74, 6) is -1.29. The van der Waals surface area contributed by atoms with Crippen LogP contribution in [0.4, 0.5) is 5.69 Å². The van der Waals surface area contributed by atoms with Crippen LogP contribution >= 0.6 is 15.9 Å². The quantitative estimate of drug-likeness (QED) is 0.592. The van der Waals surface area contributed by atoms with Gasteiger partial charge in [0.05, 0.1) is 22.1 Å². The predicted octanol–water partition coefficient (Wildman–Crippen LogP) is -0.0691. The summed E-state index contributed by atoms with van der Waals surface area (Å²) in [7, 11) is 0.